The number of amides is 2. The summed E-state index contributed by atoms with van der Waals surface area (Å²) in [5.74, 6) is 0.163. The molecule has 0 radical (unpaired) electrons. The van der Waals surface area contributed by atoms with Gasteiger partial charge in [-0.25, -0.2) is 4.68 Å². The van der Waals surface area contributed by atoms with Crippen molar-refractivity contribution in [3.8, 4) is 23.0 Å². The molecule has 1 atom stereocenters. The molecule has 0 aliphatic carbocycles. The normalized spacial score (nSPS) is 15.8. The fraction of sp³-hybridized carbons (Fsp3) is 0.290. The second-order valence-electron chi connectivity index (χ2n) is 9.35. The summed E-state index contributed by atoms with van der Waals surface area (Å²) in [7, 11) is 0. The van der Waals surface area contributed by atoms with Gasteiger partial charge in [-0.3, -0.25) is 14.5 Å². The van der Waals surface area contributed by atoms with E-state index in [1.807, 2.05) is 68.2 Å². The van der Waals surface area contributed by atoms with Crippen LogP contribution in [0.4, 0.5) is 0 Å². The van der Waals surface area contributed by atoms with Crippen LogP contribution >= 0.6 is 11.8 Å². The van der Waals surface area contributed by atoms with Crippen LogP contribution in [-0.4, -0.2) is 38.3 Å². The third kappa shape index (κ3) is 5.51. The van der Waals surface area contributed by atoms with Crippen molar-refractivity contribution in [3.05, 3.63) is 83.1 Å². The number of carbonyl (C=O) groups is 2. The highest BCUT2D eigenvalue weighted by molar-refractivity contribution is 7.99. The molecular formula is C31H32N4O2S. The number of aromatic nitrogens is 2. The molecule has 4 rings (SSSR count). The lowest BCUT2D eigenvalue weighted by atomic mass is 9.92. The van der Waals surface area contributed by atoms with Gasteiger partial charge in [-0.15, -0.1) is 11.8 Å². The van der Waals surface area contributed by atoms with Gasteiger partial charge in [0.25, 0.3) is 11.8 Å². The second kappa shape index (κ2) is 12.1. The van der Waals surface area contributed by atoms with E-state index < -0.39 is 5.91 Å². The Morgan fingerprint density at radius 1 is 1.05 bits per heavy atom. The molecule has 2 aromatic carbocycles. The molecule has 0 bridgehead atoms. The van der Waals surface area contributed by atoms with Crippen molar-refractivity contribution in [2.75, 3.05) is 5.75 Å². The Bertz CT molecular complexity index is 1430. The maximum atomic E-state index is 13.6. The van der Waals surface area contributed by atoms with Crippen LogP contribution in [0.1, 0.15) is 52.5 Å². The average Bonchev–Trinajstić information content (AvgIpc) is 3.36. The Morgan fingerprint density at radius 3 is 2.39 bits per heavy atom. The maximum Gasteiger partial charge on any atom is 0.271 e. The Morgan fingerprint density at radius 2 is 1.76 bits per heavy atom. The summed E-state index contributed by atoms with van der Waals surface area (Å²) >= 11 is 1.84. The molecule has 6 nitrogen and oxygen atoms in total. The lowest BCUT2D eigenvalue weighted by Crippen LogP contribution is -2.47. The van der Waals surface area contributed by atoms with Gasteiger partial charge in [0.1, 0.15) is 11.6 Å². The first kappa shape index (κ1) is 27.2. The minimum absolute atomic E-state index is 0.00149. The Kier molecular flexibility index (Phi) is 8.65. The highest BCUT2D eigenvalue weighted by Crippen LogP contribution is 2.33. The third-order valence-electron chi connectivity index (χ3n) is 6.76. The molecule has 0 saturated carbocycles. The summed E-state index contributed by atoms with van der Waals surface area (Å²) in [6, 6.07) is 19.8. The molecule has 1 unspecified atom stereocenters. The van der Waals surface area contributed by atoms with E-state index in [1.165, 1.54) is 22.6 Å². The topological polar surface area (TPSA) is 79.0 Å². The molecule has 0 spiro atoms. The van der Waals surface area contributed by atoms with Crippen LogP contribution in [0.15, 0.2) is 82.4 Å². The molecule has 0 N–H and O–H groups in total. The zero-order valence-corrected chi connectivity index (χ0v) is 23.1. The van der Waals surface area contributed by atoms with Gasteiger partial charge in [0.15, 0.2) is 0 Å². The summed E-state index contributed by atoms with van der Waals surface area (Å²) in [4.78, 5) is 28.9. The van der Waals surface area contributed by atoms with E-state index in [9.17, 15) is 14.9 Å². The van der Waals surface area contributed by atoms with Crippen molar-refractivity contribution >= 4 is 29.7 Å². The molecule has 7 heteroatoms. The summed E-state index contributed by atoms with van der Waals surface area (Å²) in [5, 5.41) is 14.6. The van der Waals surface area contributed by atoms with E-state index in [0.717, 1.165) is 28.3 Å². The van der Waals surface area contributed by atoms with Crippen LogP contribution in [0.25, 0.3) is 23.0 Å². The predicted molar refractivity (Wildman–Crippen MR) is 153 cm³/mol. The zero-order valence-electron chi connectivity index (χ0n) is 22.3. The summed E-state index contributed by atoms with van der Waals surface area (Å²) in [6.07, 6.45) is 6.59. The first-order valence-corrected chi connectivity index (χ1v) is 14.0. The standard InChI is InChI=1S/C31H32N4O2S/c1-5-7-17-38-26-15-13-23(14-16-26)29-24(20-34(33-29)25-11-9-8-10-12-25)18-27-22(4)28(19-32)31(37)35(30(27)36)21(3)6-2/h8-16,18,20-21H,5-7,17H2,1-4H3/b27-18+. The number of imide groups is 1. The smallest absolute Gasteiger partial charge is 0.271 e. The number of nitrogens with zero attached hydrogens (tertiary/aromatic N) is 4. The fourth-order valence-electron chi connectivity index (χ4n) is 4.31. The van der Waals surface area contributed by atoms with Crippen LogP contribution in [0.2, 0.25) is 0 Å². The molecule has 0 saturated heterocycles. The second-order valence-corrected chi connectivity index (χ2v) is 10.5. The minimum Gasteiger partial charge on any atom is -0.271 e. The van der Waals surface area contributed by atoms with Gasteiger partial charge in [0.2, 0.25) is 0 Å². The lowest BCUT2D eigenvalue weighted by Gasteiger charge is -2.31. The number of hydrogen-bond donors (Lipinski definition) is 0. The molecule has 3 aromatic rings. The van der Waals surface area contributed by atoms with Crippen molar-refractivity contribution in [2.24, 2.45) is 0 Å². The third-order valence-corrected chi connectivity index (χ3v) is 7.86. The molecule has 1 aliphatic rings. The number of thioether (sulfide) groups is 1. The fourth-order valence-corrected chi connectivity index (χ4v) is 5.31. The van der Waals surface area contributed by atoms with Gasteiger partial charge in [-0.05, 0) is 68.4 Å². The van der Waals surface area contributed by atoms with Gasteiger partial charge in [-0.2, -0.15) is 10.4 Å². The van der Waals surface area contributed by atoms with Crippen LogP contribution in [-0.2, 0) is 9.59 Å². The van der Waals surface area contributed by atoms with Crippen molar-refractivity contribution in [3.63, 3.8) is 0 Å². The van der Waals surface area contributed by atoms with E-state index in [4.69, 9.17) is 5.10 Å². The number of rotatable bonds is 9. The van der Waals surface area contributed by atoms with Crippen molar-refractivity contribution in [2.45, 2.75) is 57.9 Å². The molecule has 2 heterocycles. The van der Waals surface area contributed by atoms with Crippen molar-refractivity contribution in [1.29, 1.82) is 5.26 Å². The maximum absolute atomic E-state index is 13.6. The van der Waals surface area contributed by atoms with Gasteiger partial charge in [-0.1, -0.05) is 50.6 Å². The number of para-hydroxylation sites is 1. The van der Waals surface area contributed by atoms with Gasteiger partial charge in [0, 0.05) is 33.8 Å². The van der Waals surface area contributed by atoms with E-state index in [-0.39, 0.29) is 17.5 Å². The summed E-state index contributed by atoms with van der Waals surface area (Å²) in [5.41, 5.74) is 4.00. The molecular weight excluding hydrogens is 492 g/mol. The first-order valence-electron chi connectivity index (χ1n) is 13.0. The van der Waals surface area contributed by atoms with E-state index >= 15 is 0 Å². The molecule has 2 amide bonds. The molecule has 38 heavy (non-hydrogen) atoms. The van der Waals surface area contributed by atoms with E-state index in [0.29, 0.717) is 17.6 Å². The number of benzene rings is 2. The lowest BCUT2D eigenvalue weighted by molar-refractivity contribution is -0.142. The monoisotopic (exact) mass is 524 g/mol. The van der Waals surface area contributed by atoms with Gasteiger partial charge in [0.05, 0.1) is 11.4 Å². The zero-order chi connectivity index (χ0) is 27.2. The Balaban J connectivity index is 1.84. The van der Waals surface area contributed by atoms with Crippen LogP contribution in [0, 0.1) is 11.3 Å². The van der Waals surface area contributed by atoms with Crippen LogP contribution < -0.4 is 0 Å². The van der Waals surface area contributed by atoms with Crippen molar-refractivity contribution in [1.82, 2.24) is 14.7 Å². The number of nitriles is 1. The average molecular weight is 525 g/mol. The molecule has 194 valence electrons. The highest BCUT2D eigenvalue weighted by atomic mass is 32.2. The Labute approximate surface area is 228 Å². The van der Waals surface area contributed by atoms with E-state index in [2.05, 4.69) is 31.2 Å². The number of carbonyl (C=O) groups excluding carboxylic acids is 2. The Hall–Kier alpha value is -3.89. The van der Waals surface area contributed by atoms with E-state index in [1.54, 1.807) is 17.7 Å². The molecule has 1 aliphatic heterocycles. The van der Waals surface area contributed by atoms with Crippen LogP contribution in [0.3, 0.4) is 0 Å². The van der Waals surface area contributed by atoms with Gasteiger partial charge >= 0.3 is 0 Å². The van der Waals surface area contributed by atoms with Gasteiger partial charge < -0.3 is 0 Å². The van der Waals surface area contributed by atoms with Crippen LogP contribution in [0.5, 0.6) is 0 Å². The van der Waals surface area contributed by atoms with Crippen molar-refractivity contribution < 1.29 is 9.59 Å². The quantitative estimate of drug-likeness (QED) is 0.133. The molecule has 1 aromatic heterocycles. The number of unbranched alkanes of at least 4 members (excludes halogenated alkanes) is 1. The first-order chi connectivity index (χ1) is 18.4. The number of hydrogen-bond acceptors (Lipinski definition) is 5. The molecule has 0 fully saturated rings. The summed E-state index contributed by atoms with van der Waals surface area (Å²) in [6.45, 7) is 7.59. The highest BCUT2D eigenvalue weighted by Gasteiger charge is 2.37. The predicted octanol–water partition coefficient (Wildman–Crippen LogP) is 6.82. The SMILES string of the molecule is CCCCSc1ccc(-c2nn(-c3ccccc3)cc2/C=C2/C(=O)N(C(C)CC)C(=O)C(C#N)=C2C)cc1. The largest absolute Gasteiger partial charge is 0.271 e. The minimum atomic E-state index is -0.530. The summed E-state index contributed by atoms with van der Waals surface area (Å²) < 4.78 is 1.79.